The van der Waals surface area contributed by atoms with Gasteiger partial charge in [-0.3, -0.25) is 24.2 Å². The first-order valence-corrected chi connectivity index (χ1v) is 12.1. The van der Waals surface area contributed by atoms with Crippen molar-refractivity contribution in [3.05, 3.63) is 28.5 Å². The predicted molar refractivity (Wildman–Crippen MR) is 126 cm³/mol. The van der Waals surface area contributed by atoms with E-state index in [9.17, 15) is 19.2 Å². The molecule has 1 aromatic heterocycles. The molecule has 2 aliphatic heterocycles. The Kier molecular flexibility index (Phi) is 9.94. The molecule has 3 heterocycles. The number of rotatable bonds is 9. The molecule has 3 rings (SSSR count). The fraction of sp³-hybridized carbons (Fsp3) is 0.565. The first-order chi connectivity index (χ1) is 17.5. The van der Waals surface area contributed by atoms with Crippen molar-refractivity contribution in [1.82, 2.24) is 4.98 Å². The predicted octanol–water partition coefficient (Wildman–Crippen LogP) is 1.44. The van der Waals surface area contributed by atoms with E-state index >= 15 is 0 Å². The van der Waals surface area contributed by atoms with Crippen molar-refractivity contribution in [3.63, 3.8) is 0 Å². The van der Waals surface area contributed by atoms with Crippen LogP contribution in [0.15, 0.2) is 28.0 Å². The molecule has 2 aliphatic rings. The van der Waals surface area contributed by atoms with Gasteiger partial charge >= 0.3 is 23.9 Å². The van der Waals surface area contributed by atoms with E-state index in [2.05, 4.69) is 26.1 Å². The molecule has 1 fully saturated rings. The van der Waals surface area contributed by atoms with E-state index in [1.54, 1.807) is 12.3 Å². The van der Waals surface area contributed by atoms with Crippen LogP contribution < -0.4 is 0 Å². The van der Waals surface area contributed by atoms with Crippen molar-refractivity contribution in [1.29, 1.82) is 0 Å². The lowest BCUT2D eigenvalue weighted by atomic mass is 9.98. The fourth-order valence-electron chi connectivity index (χ4n) is 3.74. The molecule has 0 aliphatic carbocycles. The van der Waals surface area contributed by atoms with Gasteiger partial charge in [0, 0.05) is 44.8 Å². The second kappa shape index (κ2) is 12.9. The normalized spacial score (nSPS) is 26.9. The zero-order valence-electron chi connectivity index (χ0n) is 20.6. The molecule has 1 saturated heterocycles. The summed E-state index contributed by atoms with van der Waals surface area (Å²) in [7, 11) is 0. The monoisotopic (exact) mass is 586 g/mol. The molecule has 0 amide bonds. The summed E-state index contributed by atoms with van der Waals surface area (Å²) < 4.78 is 33.7. The number of carbonyl (C=O) groups excluding carboxylic acids is 4. The largest absolute Gasteiger partial charge is 0.463 e. The third kappa shape index (κ3) is 8.20. The highest BCUT2D eigenvalue weighted by molar-refractivity contribution is 9.10. The quantitative estimate of drug-likeness (QED) is 0.303. The second-order valence-corrected chi connectivity index (χ2v) is 9.15. The molecule has 0 unspecified atom stereocenters. The molecule has 0 saturated carbocycles. The van der Waals surface area contributed by atoms with Crippen LogP contribution in [0.3, 0.4) is 0 Å². The molecule has 0 aromatic carbocycles. The first-order valence-electron chi connectivity index (χ1n) is 11.3. The van der Waals surface area contributed by atoms with E-state index in [4.69, 9.17) is 33.3 Å². The summed E-state index contributed by atoms with van der Waals surface area (Å²) in [6, 6.07) is 3.61. The van der Waals surface area contributed by atoms with Crippen molar-refractivity contribution in [2.75, 3.05) is 13.2 Å². The zero-order valence-corrected chi connectivity index (χ0v) is 22.2. The van der Waals surface area contributed by atoms with Crippen molar-refractivity contribution in [2.24, 2.45) is 5.16 Å². The number of pyridine rings is 1. The molecular formula is C23H27BrN2O11. The number of hydrogen-bond acceptors (Lipinski definition) is 13. The van der Waals surface area contributed by atoms with Crippen LogP contribution in [0.1, 0.15) is 39.8 Å². The van der Waals surface area contributed by atoms with Gasteiger partial charge in [-0.1, -0.05) is 5.16 Å². The van der Waals surface area contributed by atoms with Crippen molar-refractivity contribution >= 4 is 45.5 Å². The Hall–Kier alpha value is -3.10. The first kappa shape index (κ1) is 28.5. The van der Waals surface area contributed by atoms with Crippen LogP contribution in [0.5, 0.6) is 0 Å². The number of nitrogens with zero attached hydrogens (tertiary/aromatic N) is 2. The summed E-state index contributed by atoms with van der Waals surface area (Å²) in [5.74, 6) is -2.78. The van der Waals surface area contributed by atoms with Gasteiger partial charge in [-0.15, -0.1) is 0 Å². The number of halogens is 1. The molecule has 1 aromatic rings. The van der Waals surface area contributed by atoms with Gasteiger partial charge in [0.2, 0.25) is 0 Å². The Morgan fingerprint density at radius 1 is 0.919 bits per heavy atom. The standard InChI is InChI=1S/C23H27BrN2O11/c1-11(27)31-10-19-20(33-12(2)28)21(34-13(3)29)22(35-14(4)30)23(36-19)32-9-16-7-18(26-37-16)17-6-5-15(24)8-25-17/h5-6,8,16,19-23H,7,9-10H2,1-4H3/t16-,19+,20+,21-,22+,23+/m0/s1. The molecule has 13 nitrogen and oxygen atoms in total. The summed E-state index contributed by atoms with van der Waals surface area (Å²) in [4.78, 5) is 56.8. The van der Waals surface area contributed by atoms with E-state index in [0.717, 1.165) is 25.2 Å². The molecule has 0 spiro atoms. The summed E-state index contributed by atoms with van der Waals surface area (Å²) in [5, 5.41) is 4.06. The van der Waals surface area contributed by atoms with Crippen LogP contribution in [-0.4, -0.2) is 84.6 Å². The lowest BCUT2D eigenvalue weighted by molar-refractivity contribution is -0.311. The van der Waals surface area contributed by atoms with Gasteiger partial charge in [0.05, 0.1) is 12.3 Å². The minimum atomic E-state index is -1.31. The Bertz CT molecular complexity index is 1030. The van der Waals surface area contributed by atoms with Crippen LogP contribution >= 0.6 is 15.9 Å². The van der Waals surface area contributed by atoms with Crippen LogP contribution in [0.4, 0.5) is 0 Å². The minimum Gasteiger partial charge on any atom is -0.463 e. The SMILES string of the molecule is CC(=O)OC[C@H]1O[C@@H](OC[C@@H]2CC(c3ccc(Br)cn3)=NO2)[C@H](OC(C)=O)[C@@H](OC(C)=O)[C@@H]1OC(C)=O. The molecule has 37 heavy (non-hydrogen) atoms. The van der Waals surface area contributed by atoms with Gasteiger partial charge in [-0.25, -0.2) is 0 Å². The zero-order chi connectivity index (χ0) is 27.1. The third-order valence-corrected chi connectivity index (χ3v) is 5.62. The number of carbonyl (C=O) groups is 4. The minimum absolute atomic E-state index is 0.0583. The Balaban J connectivity index is 1.77. The summed E-state index contributed by atoms with van der Waals surface area (Å²) in [6.07, 6.45) is -4.78. The fourth-order valence-corrected chi connectivity index (χ4v) is 3.98. The maximum atomic E-state index is 11.9. The topological polar surface area (TPSA) is 158 Å². The maximum absolute atomic E-state index is 11.9. The van der Waals surface area contributed by atoms with Gasteiger partial charge < -0.3 is 33.3 Å². The van der Waals surface area contributed by atoms with Crippen LogP contribution in [-0.2, 0) is 52.4 Å². The van der Waals surface area contributed by atoms with E-state index in [1.165, 1.54) is 6.92 Å². The molecular weight excluding hydrogens is 560 g/mol. The van der Waals surface area contributed by atoms with Crippen molar-refractivity contribution < 1.29 is 52.4 Å². The maximum Gasteiger partial charge on any atom is 0.303 e. The van der Waals surface area contributed by atoms with Crippen LogP contribution in [0.25, 0.3) is 0 Å². The number of ether oxygens (including phenoxy) is 6. The lowest BCUT2D eigenvalue weighted by Crippen LogP contribution is -2.63. The Morgan fingerprint density at radius 3 is 2.16 bits per heavy atom. The highest BCUT2D eigenvalue weighted by Crippen LogP contribution is 2.30. The van der Waals surface area contributed by atoms with Gasteiger partial charge in [-0.05, 0) is 28.1 Å². The molecule has 0 bridgehead atoms. The van der Waals surface area contributed by atoms with Gasteiger partial charge in [0.15, 0.2) is 30.7 Å². The molecule has 202 valence electrons. The molecule has 6 atom stereocenters. The second-order valence-electron chi connectivity index (χ2n) is 8.23. The van der Waals surface area contributed by atoms with E-state index < -0.39 is 60.7 Å². The summed E-state index contributed by atoms with van der Waals surface area (Å²) >= 11 is 3.33. The van der Waals surface area contributed by atoms with E-state index in [1.807, 2.05) is 6.07 Å². The van der Waals surface area contributed by atoms with Gasteiger partial charge in [0.25, 0.3) is 0 Å². The summed E-state index contributed by atoms with van der Waals surface area (Å²) in [6.45, 7) is 4.23. The van der Waals surface area contributed by atoms with Crippen molar-refractivity contribution in [2.45, 2.75) is 70.9 Å². The Labute approximate surface area is 220 Å². The smallest absolute Gasteiger partial charge is 0.303 e. The Morgan fingerprint density at radius 2 is 1.57 bits per heavy atom. The highest BCUT2D eigenvalue weighted by atomic mass is 79.9. The number of esters is 4. The van der Waals surface area contributed by atoms with Crippen LogP contribution in [0.2, 0.25) is 0 Å². The molecule has 0 N–H and O–H groups in total. The summed E-state index contributed by atoms with van der Waals surface area (Å²) in [5.41, 5.74) is 1.25. The third-order valence-electron chi connectivity index (χ3n) is 5.15. The van der Waals surface area contributed by atoms with Gasteiger partial charge in [0.1, 0.15) is 18.4 Å². The van der Waals surface area contributed by atoms with Gasteiger partial charge in [-0.2, -0.15) is 0 Å². The molecule has 0 radical (unpaired) electrons. The van der Waals surface area contributed by atoms with Crippen LogP contribution in [0, 0.1) is 0 Å². The lowest BCUT2D eigenvalue weighted by Gasteiger charge is -2.44. The average molecular weight is 587 g/mol. The average Bonchev–Trinajstić information content (AvgIpc) is 3.28. The number of hydrogen-bond donors (Lipinski definition) is 0. The number of oxime groups is 1. The molecule has 14 heteroatoms. The van der Waals surface area contributed by atoms with E-state index in [0.29, 0.717) is 17.8 Å². The number of aromatic nitrogens is 1. The van der Waals surface area contributed by atoms with Crippen molar-refractivity contribution in [3.8, 4) is 0 Å². The highest BCUT2D eigenvalue weighted by Gasteiger charge is 2.53. The van der Waals surface area contributed by atoms with E-state index in [-0.39, 0.29) is 13.2 Å².